The first-order valence-electron chi connectivity index (χ1n) is 7.42. The summed E-state index contributed by atoms with van der Waals surface area (Å²) in [7, 11) is 0. The van der Waals surface area contributed by atoms with Gasteiger partial charge in [-0.15, -0.1) is 12.4 Å². The van der Waals surface area contributed by atoms with Crippen LogP contribution in [-0.2, 0) is 12.0 Å². The van der Waals surface area contributed by atoms with Crippen molar-refractivity contribution in [3.8, 4) is 0 Å². The second kappa shape index (κ2) is 7.63. The van der Waals surface area contributed by atoms with Crippen LogP contribution < -0.4 is 16.6 Å². The Bertz CT molecular complexity index is 724. The van der Waals surface area contributed by atoms with Gasteiger partial charge in [0.1, 0.15) is 11.5 Å². The second-order valence-electron chi connectivity index (χ2n) is 6.27. The summed E-state index contributed by atoms with van der Waals surface area (Å²) >= 11 is 0. The van der Waals surface area contributed by atoms with Crippen molar-refractivity contribution in [3.05, 3.63) is 41.5 Å². The molecule has 1 amide bonds. The number of benzene rings is 1. The fourth-order valence-corrected chi connectivity index (χ4v) is 2.10. The van der Waals surface area contributed by atoms with Crippen LogP contribution in [0, 0.1) is 5.82 Å². The summed E-state index contributed by atoms with van der Waals surface area (Å²) in [4.78, 5) is 12.5. The summed E-state index contributed by atoms with van der Waals surface area (Å²) in [6.45, 7) is 8.51. The number of anilines is 2. The van der Waals surface area contributed by atoms with Crippen molar-refractivity contribution in [1.29, 1.82) is 0 Å². The molecular formula is C16H23ClFN5O. The van der Waals surface area contributed by atoms with E-state index in [0.717, 1.165) is 5.69 Å². The molecule has 0 atom stereocenters. The zero-order valence-corrected chi connectivity index (χ0v) is 15.0. The Kier molecular flexibility index (Phi) is 6.34. The molecule has 24 heavy (non-hydrogen) atoms. The van der Waals surface area contributed by atoms with E-state index in [0.29, 0.717) is 17.9 Å². The summed E-state index contributed by atoms with van der Waals surface area (Å²) in [5, 5.41) is 7.02. The number of nitrogens with two attached hydrogens (primary N) is 1. The maximum Gasteiger partial charge on any atom is 0.274 e. The number of carbonyl (C=O) groups excluding carboxylic acids is 1. The summed E-state index contributed by atoms with van der Waals surface area (Å²) in [5.74, 6) is 4.36. The molecule has 1 aromatic heterocycles. The lowest BCUT2D eigenvalue weighted by atomic mass is 9.92. The molecule has 0 saturated heterocycles. The molecule has 0 aliphatic heterocycles. The summed E-state index contributed by atoms with van der Waals surface area (Å²) in [6, 6.07) is 5.90. The lowest BCUT2D eigenvalue weighted by molar-refractivity contribution is 0.101. The van der Waals surface area contributed by atoms with Gasteiger partial charge < -0.3 is 10.7 Å². The van der Waals surface area contributed by atoms with Gasteiger partial charge in [0, 0.05) is 12.0 Å². The number of halogens is 2. The standard InChI is InChI=1S/C16H22FN5O.ClH/c1-5-22-13(9-14(21-22)16(2,3)4)15(23)19-12-8-10(20-18)6-7-11(12)17;/h6-9,20H,5,18H2,1-4H3,(H,19,23);1H. The lowest BCUT2D eigenvalue weighted by Gasteiger charge is -2.13. The molecule has 0 spiro atoms. The highest BCUT2D eigenvalue weighted by Crippen LogP contribution is 2.23. The summed E-state index contributed by atoms with van der Waals surface area (Å²) < 4.78 is 15.5. The molecule has 1 aromatic carbocycles. The number of hydrazine groups is 1. The molecule has 0 fully saturated rings. The first kappa shape index (κ1) is 19.9. The van der Waals surface area contributed by atoms with Gasteiger partial charge in [0.25, 0.3) is 5.91 Å². The number of amides is 1. The van der Waals surface area contributed by atoms with Gasteiger partial charge in [0.15, 0.2) is 0 Å². The van der Waals surface area contributed by atoms with E-state index in [1.54, 1.807) is 10.7 Å². The van der Waals surface area contributed by atoms with Crippen LogP contribution >= 0.6 is 12.4 Å². The molecule has 0 aliphatic carbocycles. The summed E-state index contributed by atoms with van der Waals surface area (Å²) in [6.07, 6.45) is 0. The highest BCUT2D eigenvalue weighted by molar-refractivity contribution is 6.03. The quantitative estimate of drug-likeness (QED) is 0.580. The molecule has 0 unspecified atom stereocenters. The molecule has 1 heterocycles. The van der Waals surface area contributed by atoms with Gasteiger partial charge in [-0.25, -0.2) is 4.39 Å². The number of aryl methyl sites for hydroxylation is 1. The number of hydrogen-bond donors (Lipinski definition) is 3. The Morgan fingerprint density at radius 2 is 2.00 bits per heavy atom. The lowest BCUT2D eigenvalue weighted by Crippen LogP contribution is -2.18. The zero-order chi connectivity index (χ0) is 17.2. The minimum atomic E-state index is -0.532. The zero-order valence-electron chi connectivity index (χ0n) is 14.2. The first-order valence-corrected chi connectivity index (χ1v) is 7.42. The minimum absolute atomic E-state index is 0. The van der Waals surface area contributed by atoms with Crippen molar-refractivity contribution >= 4 is 29.7 Å². The Balaban J connectivity index is 0.00000288. The average molecular weight is 356 g/mol. The molecule has 6 nitrogen and oxygen atoms in total. The van der Waals surface area contributed by atoms with Crippen molar-refractivity contribution in [1.82, 2.24) is 9.78 Å². The van der Waals surface area contributed by atoms with Gasteiger partial charge in [0.05, 0.1) is 17.1 Å². The van der Waals surface area contributed by atoms with E-state index < -0.39 is 11.7 Å². The van der Waals surface area contributed by atoms with E-state index in [-0.39, 0.29) is 23.5 Å². The van der Waals surface area contributed by atoms with Gasteiger partial charge in [-0.3, -0.25) is 15.3 Å². The number of nitrogens with zero attached hydrogens (tertiary/aromatic N) is 2. The smallest absolute Gasteiger partial charge is 0.274 e. The molecule has 0 bridgehead atoms. The Hall–Kier alpha value is -2.12. The molecule has 0 radical (unpaired) electrons. The normalized spacial score (nSPS) is 10.9. The summed E-state index contributed by atoms with van der Waals surface area (Å²) in [5.41, 5.74) is 4.00. The predicted molar refractivity (Wildman–Crippen MR) is 96.0 cm³/mol. The largest absolute Gasteiger partial charge is 0.324 e. The number of aromatic nitrogens is 2. The van der Waals surface area contributed by atoms with Crippen molar-refractivity contribution in [3.63, 3.8) is 0 Å². The van der Waals surface area contributed by atoms with E-state index in [2.05, 4.69) is 15.8 Å². The van der Waals surface area contributed by atoms with Crippen LogP contribution in [0.2, 0.25) is 0 Å². The SMILES string of the molecule is CCn1nc(C(C)(C)C)cc1C(=O)Nc1cc(NN)ccc1F.Cl. The van der Waals surface area contributed by atoms with Crippen LogP contribution in [0.25, 0.3) is 0 Å². The first-order chi connectivity index (χ1) is 10.8. The van der Waals surface area contributed by atoms with Gasteiger partial charge in [-0.2, -0.15) is 5.10 Å². The van der Waals surface area contributed by atoms with E-state index >= 15 is 0 Å². The molecule has 8 heteroatoms. The van der Waals surface area contributed by atoms with Crippen LogP contribution in [0.15, 0.2) is 24.3 Å². The van der Waals surface area contributed by atoms with Crippen LogP contribution in [0.1, 0.15) is 43.9 Å². The maximum atomic E-state index is 13.9. The van der Waals surface area contributed by atoms with Gasteiger partial charge in [-0.1, -0.05) is 20.8 Å². The highest BCUT2D eigenvalue weighted by Gasteiger charge is 2.23. The molecule has 132 valence electrons. The third kappa shape index (κ3) is 4.24. The number of hydrogen-bond acceptors (Lipinski definition) is 4. The predicted octanol–water partition coefficient (Wildman–Crippen LogP) is 3.30. The fourth-order valence-electron chi connectivity index (χ4n) is 2.10. The van der Waals surface area contributed by atoms with E-state index in [9.17, 15) is 9.18 Å². The third-order valence-corrected chi connectivity index (χ3v) is 3.46. The van der Waals surface area contributed by atoms with Crippen LogP contribution in [-0.4, -0.2) is 15.7 Å². The fraction of sp³-hybridized carbons (Fsp3) is 0.375. The van der Waals surface area contributed by atoms with Crippen molar-refractivity contribution < 1.29 is 9.18 Å². The van der Waals surface area contributed by atoms with E-state index in [1.807, 2.05) is 27.7 Å². The maximum absolute atomic E-state index is 13.9. The number of nitrogens with one attached hydrogen (secondary N) is 2. The highest BCUT2D eigenvalue weighted by atomic mass is 35.5. The van der Waals surface area contributed by atoms with Crippen molar-refractivity contribution in [2.24, 2.45) is 5.84 Å². The number of carbonyl (C=O) groups is 1. The Labute approximate surface area is 147 Å². The van der Waals surface area contributed by atoms with Gasteiger partial charge in [-0.05, 0) is 31.2 Å². The van der Waals surface area contributed by atoms with Crippen LogP contribution in [0.3, 0.4) is 0 Å². The van der Waals surface area contributed by atoms with Crippen molar-refractivity contribution in [2.45, 2.75) is 39.7 Å². The van der Waals surface area contributed by atoms with Crippen molar-refractivity contribution in [2.75, 3.05) is 10.7 Å². The average Bonchev–Trinajstić information content (AvgIpc) is 2.94. The molecule has 4 N–H and O–H groups in total. The van der Waals surface area contributed by atoms with E-state index in [1.165, 1.54) is 18.2 Å². The third-order valence-electron chi connectivity index (χ3n) is 3.46. The monoisotopic (exact) mass is 355 g/mol. The molecule has 2 aromatic rings. The van der Waals surface area contributed by atoms with Gasteiger partial charge >= 0.3 is 0 Å². The topological polar surface area (TPSA) is 85.0 Å². The van der Waals surface area contributed by atoms with E-state index in [4.69, 9.17) is 5.84 Å². The number of nitrogen functional groups attached to an aromatic ring is 1. The molecule has 0 saturated carbocycles. The van der Waals surface area contributed by atoms with Crippen LogP contribution in [0.4, 0.5) is 15.8 Å². The Morgan fingerprint density at radius 1 is 1.33 bits per heavy atom. The number of rotatable bonds is 4. The Morgan fingerprint density at radius 3 is 2.54 bits per heavy atom. The molecule has 0 aliphatic rings. The second-order valence-corrected chi connectivity index (χ2v) is 6.27. The van der Waals surface area contributed by atoms with Gasteiger partial charge in [0.2, 0.25) is 0 Å². The molecular weight excluding hydrogens is 333 g/mol. The molecule has 2 rings (SSSR count). The van der Waals surface area contributed by atoms with Crippen LogP contribution in [0.5, 0.6) is 0 Å². The minimum Gasteiger partial charge on any atom is -0.324 e.